The molecule has 0 atom stereocenters. The predicted molar refractivity (Wildman–Crippen MR) is 134 cm³/mol. The largest absolute Gasteiger partial charge is 0.302 e. The van der Waals surface area contributed by atoms with Gasteiger partial charge in [-0.25, -0.2) is 9.97 Å². The van der Waals surface area contributed by atoms with E-state index >= 15 is 0 Å². The quantitative estimate of drug-likeness (QED) is 0.313. The van der Waals surface area contributed by atoms with Crippen LogP contribution in [0.2, 0.25) is 0 Å². The van der Waals surface area contributed by atoms with Gasteiger partial charge in [0.2, 0.25) is 5.91 Å². The van der Waals surface area contributed by atoms with E-state index in [0.29, 0.717) is 11.6 Å². The number of nitrogens with zero attached hydrogens (tertiary/aromatic N) is 3. The first-order valence-electron chi connectivity index (χ1n) is 10.5. The first-order chi connectivity index (χ1) is 16.2. The Labute approximate surface area is 199 Å². The zero-order valence-corrected chi connectivity index (χ0v) is 19.3. The number of aromatic nitrogens is 3. The second-order valence-corrected chi connectivity index (χ2v) is 9.29. The van der Waals surface area contributed by atoms with Gasteiger partial charge in [-0.3, -0.25) is 9.78 Å². The molecule has 2 aromatic carbocycles. The summed E-state index contributed by atoms with van der Waals surface area (Å²) >= 11 is 3.02. The molecule has 0 unspecified atom stereocenters. The van der Waals surface area contributed by atoms with Gasteiger partial charge in [0, 0.05) is 29.8 Å². The lowest BCUT2D eigenvalue weighted by Gasteiger charge is -2.02. The Morgan fingerprint density at radius 2 is 1.64 bits per heavy atom. The standard InChI is InChI=1S/C26H20N4OS2/c31-23(15-21-17-32-25(28-21)20-12-7-13-27-16-20)30-26-29-22(14-18-8-3-1-4-9-18)24(33-26)19-10-5-2-6-11-19/h1-13,16-17H,14-15H2,(H,29,30,31). The van der Waals surface area contributed by atoms with Gasteiger partial charge in [0.1, 0.15) is 5.01 Å². The highest BCUT2D eigenvalue weighted by Gasteiger charge is 2.16. The number of hydrogen-bond acceptors (Lipinski definition) is 6. The molecular weight excluding hydrogens is 448 g/mol. The molecule has 5 nitrogen and oxygen atoms in total. The van der Waals surface area contributed by atoms with E-state index in [4.69, 9.17) is 4.98 Å². The first-order valence-corrected chi connectivity index (χ1v) is 12.2. The highest BCUT2D eigenvalue weighted by atomic mass is 32.1. The van der Waals surface area contributed by atoms with Crippen molar-refractivity contribution in [2.75, 3.05) is 5.32 Å². The maximum Gasteiger partial charge on any atom is 0.232 e. The van der Waals surface area contributed by atoms with Gasteiger partial charge in [0.05, 0.1) is 22.7 Å². The Hall–Kier alpha value is -3.68. The summed E-state index contributed by atoms with van der Waals surface area (Å²) in [4.78, 5) is 27.3. The van der Waals surface area contributed by atoms with E-state index in [1.54, 1.807) is 12.4 Å². The van der Waals surface area contributed by atoms with Crippen molar-refractivity contribution in [2.24, 2.45) is 0 Å². The molecule has 0 bridgehead atoms. The van der Waals surface area contributed by atoms with Crippen LogP contribution in [0.15, 0.2) is 90.6 Å². The molecule has 1 N–H and O–H groups in total. The Morgan fingerprint density at radius 3 is 2.39 bits per heavy atom. The molecule has 0 saturated carbocycles. The summed E-state index contributed by atoms with van der Waals surface area (Å²) in [5.74, 6) is -0.127. The molecule has 7 heteroatoms. The van der Waals surface area contributed by atoms with Crippen molar-refractivity contribution in [3.8, 4) is 21.0 Å². The van der Waals surface area contributed by atoms with Crippen LogP contribution < -0.4 is 5.32 Å². The molecule has 3 aromatic heterocycles. The number of carbonyl (C=O) groups excluding carboxylic acids is 1. The lowest BCUT2D eigenvalue weighted by atomic mass is 10.1. The lowest BCUT2D eigenvalue weighted by molar-refractivity contribution is -0.115. The van der Waals surface area contributed by atoms with Gasteiger partial charge in [-0.05, 0) is 23.3 Å². The van der Waals surface area contributed by atoms with Gasteiger partial charge in [-0.2, -0.15) is 0 Å². The maximum absolute atomic E-state index is 12.8. The van der Waals surface area contributed by atoms with Gasteiger partial charge in [-0.1, -0.05) is 72.0 Å². The van der Waals surface area contributed by atoms with E-state index in [9.17, 15) is 4.79 Å². The summed E-state index contributed by atoms with van der Waals surface area (Å²) < 4.78 is 0. The zero-order valence-electron chi connectivity index (χ0n) is 17.6. The van der Waals surface area contributed by atoms with Crippen LogP contribution in [-0.4, -0.2) is 20.9 Å². The summed E-state index contributed by atoms with van der Waals surface area (Å²) in [5, 5.41) is 6.36. The molecule has 5 aromatic rings. The third-order valence-corrected chi connectivity index (χ3v) is 7.00. The monoisotopic (exact) mass is 468 g/mol. The van der Waals surface area contributed by atoms with Gasteiger partial charge < -0.3 is 5.32 Å². The van der Waals surface area contributed by atoms with E-state index in [-0.39, 0.29) is 12.3 Å². The SMILES string of the molecule is O=C(Cc1csc(-c2cccnc2)n1)Nc1nc(Cc2ccccc2)c(-c2ccccc2)s1. The summed E-state index contributed by atoms with van der Waals surface area (Å²) in [6.45, 7) is 0. The normalized spacial score (nSPS) is 10.8. The molecule has 1 amide bonds. The third-order valence-electron chi connectivity index (χ3n) is 5.00. The molecule has 0 radical (unpaired) electrons. The Morgan fingerprint density at radius 1 is 0.879 bits per heavy atom. The number of carbonyl (C=O) groups is 1. The molecule has 5 rings (SSSR count). The summed E-state index contributed by atoms with van der Waals surface area (Å²) in [6.07, 6.45) is 4.41. The van der Waals surface area contributed by atoms with Crippen molar-refractivity contribution in [2.45, 2.75) is 12.8 Å². The van der Waals surface area contributed by atoms with Crippen molar-refractivity contribution >= 4 is 33.7 Å². The van der Waals surface area contributed by atoms with E-state index in [2.05, 4.69) is 39.6 Å². The molecule has 162 valence electrons. The minimum absolute atomic E-state index is 0.127. The minimum Gasteiger partial charge on any atom is -0.302 e. The van der Waals surface area contributed by atoms with Crippen LogP contribution in [0.25, 0.3) is 21.0 Å². The molecule has 0 saturated heterocycles. The summed E-state index contributed by atoms with van der Waals surface area (Å²) in [5.41, 5.74) is 4.93. The number of hydrogen-bond donors (Lipinski definition) is 1. The molecule has 0 aliphatic heterocycles. The van der Waals surface area contributed by atoms with Crippen LogP contribution in [-0.2, 0) is 17.6 Å². The van der Waals surface area contributed by atoms with E-state index in [0.717, 1.165) is 32.4 Å². The molecular formula is C26H20N4OS2. The Balaban J connectivity index is 1.34. The van der Waals surface area contributed by atoms with Crippen molar-refractivity contribution in [3.63, 3.8) is 0 Å². The van der Waals surface area contributed by atoms with Gasteiger partial charge in [0.25, 0.3) is 0 Å². The number of anilines is 1. The zero-order chi connectivity index (χ0) is 22.5. The van der Waals surface area contributed by atoms with Crippen LogP contribution in [0.4, 0.5) is 5.13 Å². The highest BCUT2D eigenvalue weighted by molar-refractivity contribution is 7.19. The number of rotatable bonds is 7. The Bertz CT molecular complexity index is 1350. The van der Waals surface area contributed by atoms with Crippen molar-refractivity contribution in [1.82, 2.24) is 15.0 Å². The van der Waals surface area contributed by atoms with Crippen LogP contribution in [0, 0.1) is 0 Å². The van der Waals surface area contributed by atoms with Gasteiger partial charge in [-0.15, -0.1) is 11.3 Å². The Kier molecular flexibility index (Phi) is 6.32. The topological polar surface area (TPSA) is 67.8 Å². The maximum atomic E-state index is 12.8. The smallest absolute Gasteiger partial charge is 0.232 e. The fourth-order valence-corrected chi connectivity index (χ4v) is 5.28. The number of pyridine rings is 1. The predicted octanol–water partition coefficient (Wildman–Crippen LogP) is 6.10. The second-order valence-electron chi connectivity index (χ2n) is 7.43. The number of nitrogens with one attached hydrogen (secondary N) is 1. The molecule has 0 fully saturated rings. The molecule has 33 heavy (non-hydrogen) atoms. The molecule has 3 heterocycles. The number of benzene rings is 2. The van der Waals surface area contributed by atoms with Crippen LogP contribution >= 0.6 is 22.7 Å². The van der Waals surface area contributed by atoms with Crippen LogP contribution in [0.1, 0.15) is 17.0 Å². The fourth-order valence-electron chi connectivity index (χ4n) is 3.47. The van der Waals surface area contributed by atoms with Gasteiger partial charge in [0.15, 0.2) is 5.13 Å². The summed E-state index contributed by atoms with van der Waals surface area (Å²) in [7, 11) is 0. The first kappa shape index (κ1) is 21.2. The number of amides is 1. The van der Waals surface area contributed by atoms with Crippen molar-refractivity contribution < 1.29 is 4.79 Å². The van der Waals surface area contributed by atoms with Crippen molar-refractivity contribution in [1.29, 1.82) is 0 Å². The fraction of sp³-hybridized carbons (Fsp3) is 0.0769. The lowest BCUT2D eigenvalue weighted by Crippen LogP contribution is -2.14. The third kappa shape index (κ3) is 5.22. The van der Waals surface area contributed by atoms with Crippen LogP contribution in [0.3, 0.4) is 0 Å². The van der Waals surface area contributed by atoms with Gasteiger partial charge >= 0.3 is 0 Å². The minimum atomic E-state index is -0.127. The van der Waals surface area contributed by atoms with Crippen molar-refractivity contribution in [3.05, 3.63) is 108 Å². The van der Waals surface area contributed by atoms with E-state index in [1.807, 2.05) is 53.9 Å². The van der Waals surface area contributed by atoms with Crippen LogP contribution in [0.5, 0.6) is 0 Å². The van der Waals surface area contributed by atoms with E-state index in [1.165, 1.54) is 28.2 Å². The molecule has 0 spiro atoms. The second kappa shape index (κ2) is 9.85. The van der Waals surface area contributed by atoms with E-state index < -0.39 is 0 Å². The summed E-state index contributed by atoms with van der Waals surface area (Å²) in [6, 6.07) is 24.3. The molecule has 0 aliphatic carbocycles. The average molecular weight is 469 g/mol. The molecule has 0 aliphatic rings. The number of thiazole rings is 2. The average Bonchev–Trinajstić information content (AvgIpc) is 3.48. The highest BCUT2D eigenvalue weighted by Crippen LogP contribution is 2.34.